The molecule has 33 heavy (non-hydrogen) atoms. The summed E-state index contributed by atoms with van der Waals surface area (Å²) in [5, 5.41) is 10.8. The smallest absolute Gasteiger partial charge is 0.332 e. The number of carboxylic acids is 1. The van der Waals surface area contributed by atoms with Gasteiger partial charge in [-0.1, -0.05) is 79.1 Å². The van der Waals surface area contributed by atoms with Crippen molar-refractivity contribution >= 4 is 23.1 Å². The normalized spacial score (nSPS) is 12.3. The summed E-state index contributed by atoms with van der Waals surface area (Å²) in [7, 11) is 0. The van der Waals surface area contributed by atoms with Crippen LogP contribution in [0.3, 0.4) is 0 Å². The molecule has 2 aromatic carbocycles. The Morgan fingerprint density at radius 3 is 2.09 bits per heavy atom. The molecule has 0 fully saturated rings. The Morgan fingerprint density at radius 2 is 1.64 bits per heavy atom. The molecule has 1 unspecified atom stereocenters. The third-order valence-electron chi connectivity index (χ3n) is 5.23. The van der Waals surface area contributed by atoms with Crippen molar-refractivity contribution in [2.75, 3.05) is 0 Å². The molecule has 1 N–H and O–H groups in total. The summed E-state index contributed by atoms with van der Waals surface area (Å²) in [4.78, 5) is 12.4. The van der Waals surface area contributed by atoms with Crippen LogP contribution < -0.4 is 0 Å². The highest BCUT2D eigenvalue weighted by atomic mass is 35.5. The standard InChI is InChI=1S/C25H29ClO2.C3H6.C2H4/c1-6-19(7-2)14-18(5)23(25(27)28)24(20-11-8-16(3)9-12-20)22-15-21(26)13-10-17(22)4;1-3-2;1-2/h6,8-13,15,18H,7,14H2,1-5H3,(H,27,28);3H,1H2,2H3;1-2H2/b19-6+,24-23+;;. The second kappa shape index (κ2) is 15.9. The average Bonchev–Trinajstić information content (AvgIpc) is 2.79. The Hall–Kier alpha value is -2.84. The molecule has 0 aliphatic rings. The van der Waals surface area contributed by atoms with E-state index in [0.717, 1.165) is 40.7 Å². The van der Waals surface area contributed by atoms with Crippen molar-refractivity contribution in [1.82, 2.24) is 0 Å². The Labute approximate surface area is 206 Å². The molecule has 0 saturated carbocycles. The Balaban J connectivity index is 0.00000189. The Bertz CT molecular complexity index is 965. The van der Waals surface area contributed by atoms with Gasteiger partial charge in [0.05, 0.1) is 0 Å². The topological polar surface area (TPSA) is 37.3 Å². The van der Waals surface area contributed by atoms with Gasteiger partial charge in [0.2, 0.25) is 0 Å². The second-order valence-electron chi connectivity index (χ2n) is 7.73. The maximum absolute atomic E-state index is 12.4. The fourth-order valence-electron chi connectivity index (χ4n) is 3.57. The predicted octanol–water partition coefficient (Wildman–Crippen LogP) is 9.22. The number of allylic oxidation sites excluding steroid dienone is 3. The van der Waals surface area contributed by atoms with Crippen molar-refractivity contribution < 1.29 is 9.90 Å². The zero-order valence-electron chi connectivity index (χ0n) is 21.0. The van der Waals surface area contributed by atoms with Crippen molar-refractivity contribution in [2.24, 2.45) is 5.92 Å². The Kier molecular flexibility index (Phi) is 14.5. The van der Waals surface area contributed by atoms with Gasteiger partial charge in [-0.15, -0.1) is 19.7 Å². The first kappa shape index (κ1) is 30.2. The summed E-state index contributed by atoms with van der Waals surface area (Å²) in [6, 6.07) is 13.7. The van der Waals surface area contributed by atoms with Crippen LogP contribution in [0, 0.1) is 19.8 Å². The minimum absolute atomic E-state index is 0.127. The molecule has 178 valence electrons. The monoisotopic (exact) mass is 466 g/mol. The number of hydrogen-bond donors (Lipinski definition) is 1. The third-order valence-corrected chi connectivity index (χ3v) is 5.47. The maximum Gasteiger partial charge on any atom is 0.332 e. The molecule has 2 aromatic rings. The quantitative estimate of drug-likeness (QED) is 0.326. The first-order chi connectivity index (χ1) is 15.7. The molecule has 0 amide bonds. The molecular formula is C30H39ClO2. The number of aliphatic carboxylic acids is 1. The van der Waals surface area contributed by atoms with Gasteiger partial charge < -0.3 is 5.11 Å². The van der Waals surface area contributed by atoms with Gasteiger partial charge in [0, 0.05) is 10.6 Å². The molecule has 2 rings (SSSR count). The average molecular weight is 467 g/mol. The van der Waals surface area contributed by atoms with Crippen molar-refractivity contribution in [2.45, 2.75) is 54.4 Å². The summed E-state index contributed by atoms with van der Waals surface area (Å²) < 4.78 is 0. The molecule has 3 heteroatoms. The van der Waals surface area contributed by atoms with Crippen molar-refractivity contribution in [1.29, 1.82) is 0 Å². The van der Waals surface area contributed by atoms with Crippen LogP contribution in [0.1, 0.15) is 62.8 Å². The van der Waals surface area contributed by atoms with E-state index in [1.165, 1.54) is 5.57 Å². The van der Waals surface area contributed by atoms with Crippen LogP contribution in [0.5, 0.6) is 0 Å². The van der Waals surface area contributed by atoms with Crippen LogP contribution in [0.15, 0.2) is 85.5 Å². The number of rotatable bonds is 7. The van der Waals surface area contributed by atoms with E-state index in [-0.39, 0.29) is 5.92 Å². The number of carbonyl (C=O) groups is 1. The van der Waals surface area contributed by atoms with Gasteiger partial charge in [0.25, 0.3) is 0 Å². The van der Waals surface area contributed by atoms with Gasteiger partial charge >= 0.3 is 5.97 Å². The van der Waals surface area contributed by atoms with E-state index in [9.17, 15) is 9.90 Å². The van der Waals surface area contributed by atoms with Gasteiger partial charge in [-0.05, 0) is 80.9 Å². The molecular weight excluding hydrogens is 428 g/mol. The molecule has 0 aliphatic heterocycles. The van der Waals surface area contributed by atoms with E-state index in [1.807, 2.05) is 77.1 Å². The van der Waals surface area contributed by atoms with E-state index >= 15 is 0 Å². The van der Waals surface area contributed by atoms with Gasteiger partial charge in [-0.2, -0.15) is 0 Å². The van der Waals surface area contributed by atoms with E-state index in [4.69, 9.17) is 11.6 Å². The van der Waals surface area contributed by atoms with Gasteiger partial charge in [0.15, 0.2) is 0 Å². The summed E-state index contributed by atoms with van der Waals surface area (Å²) in [5.41, 5.74) is 6.37. The van der Waals surface area contributed by atoms with Crippen molar-refractivity contribution in [3.63, 3.8) is 0 Å². The first-order valence-electron chi connectivity index (χ1n) is 11.2. The van der Waals surface area contributed by atoms with Crippen LogP contribution in [0.4, 0.5) is 0 Å². The van der Waals surface area contributed by atoms with Crippen LogP contribution in [0.25, 0.3) is 5.57 Å². The summed E-state index contributed by atoms with van der Waals surface area (Å²) in [6.45, 7) is 21.4. The summed E-state index contributed by atoms with van der Waals surface area (Å²) >= 11 is 6.29. The molecule has 2 nitrogen and oxygen atoms in total. The van der Waals surface area contributed by atoms with Crippen molar-refractivity contribution in [3.8, 4) is 0 Å². The Morgan fingerprint density at radius 1 is 1.09 bits per heavy atom. The lowest BCUT2D eigenvalue weighted by Gasteiger charge is -2.21. The van der Waals surface area contributed by atoms with Gasteiger partial charge in [0.1, 0.15) is 0 Å². The molecule has 0 aliphatic carbocycles. The lowest BCUT2D eigenvalue weighted by Crippen LogP contribution is -2.14. The zero-order chi connectivity index (χ0) is 25.6. The molecule has 0 aromatic heterocycles. The largest absolute Gasteiger partial charge is 0.478 e. The highest BCUT2D eigenvalue weighted by molar-refractivity contribution is 6.30. The molecule has 0 heterocycles. The lowest BCUT2D eigenvalue weighted by molar-refractivity contribution is -0.133. The van der Waals surface area contributed by atoms with Crippen LogP contribution in [0.2, 0.25) is 5.02 Å². The first-order valence-corrected chi connectivity index (χ1v) is 11.6. The van der Waals surface area contributed by atoms with E-state index in [1.54, 1.807) is 6.08 Å². The molecule has 0 spiro atoms. The SMILES string of the molecule is C/C=C(\CC)CC(C)/C(C(=O)O)=C(/c1ccc(C)cc1)c1cc(Cl)ccc1C.C=C.C=CC. The van der Waals surface area contributed by atoms with Crippen molar-refractivity contribution in [3.05, 3.63) is 113 Å². The maximum atomic E-state index is 12.4. The number of halogens is 1. The highest BCUT2D eigenvalue weighted by Crippen LogP contribution is 2.36. The minimum atomic E-state index is -0.881. The lowest BCUT2D eigenvalue weighted by atomic mass is 9.82. The molecule has 0 bridgehead atoms. The van der Waals surface area contributed by atoms with Crippen LogP contribution in [-0.2, 0) is 4.79 Å². The predicted molar refractivity (Wildman–Crippen MR) is 146 cm³/mol. The minimum Gasteiger partial charge on any atom is -0.478 e. The summed E-state index contributed by atoms with van der Waals surface area (Å²) in [5.74, 6) is -1.01. The molecule has 1 atom stereocenters. The van der Waals surface area contributed by atoms with Crippen LogP contribution >= 0.6 is 11.6 Å². The fourth-order valence-corrected chi connectivity index (χ4v) is 3.74. The fraction of sp³-hybridized carbons (Fsp3) is 0.300. The molecule has 0 radical (unpaired) electrons. The van der Waals surface area contributed by atoms with Crippen LogP contribution in [-0.4, -0.2) is 11.1 Å². The van der Waals surface area contributed by atoms with Gasteiger partial charge in [-0.25, -0.2) is 4.79 Å². The number of carboxylic acid groups (broad SMARTS) is 1. The molecule has 0 saturated heterocycles. The number of benzene rings is 2. The third kappa shape index (κ3) is 9.27. The van der Waals surface area contributed by atoms with E-state index < -0.39 is 5.97 Å². The number of hydrogen-bond acceptors (Lipinski definition) is 1. The number of aryl methyl sites for hydroxylation is 2. The zero-order valence-corrected chi connectivity index (χ0v) is 21.8. The van der Waals surface area contributed by atoms with E-state index in [2.05, 4.69) is 32.7 Å². The highest BCUT2D eigenvalue weighted by Gasteiger charge is 2.25. The second-order valence-corrected chi connectivity index (χ2v) is 8.17. The summed E-state index contributed by atoms with van der Waals surface area (Å²) in [6.07, 6.45) is 5.49. The van der Waals surface area contributed by atoms with Gasteiger partial charge in [-0.3, -0.25) is 0 Å². The van der Waals surface area contributed by atoms with E-state index in [0.29, 0.717) is 10.6 Å².